The minimum Gasteiger partial charge on any atom is -0.301 e. The molecule has 1 aliphatic heterocycles. The SMILES string of the molecule is CCN1CCN(CC(=O)c2ccc3c(c2)CCC3)CC1. The Morgan fingerprint density at radius 3 is 2.50 bits per heavy atom. The van der Waals surface area contributed by atoms with Crippen LogP contribution in [-0.4, -0.2) is 54.9 Å². The predicted molar refractivity (Wildman–Crippen MR) is 81.4 cm³/mol. The van der Waals surface area contributed by atoms with E-state index >= 15 is 0 Å². The van der Waals surface area contributed by atoms with Crippen LogP contribution in [0.2, 0.25) is 0 Å². The molecule has 0 unspecified atom stereocenters. The molecule has 1 aliphatic carbocycles. The van der Waals surface area contributed by atoms with E-state index < -0.39 is 0 Å². The highest BCUT2D eigenvalue weighted by Crippen LogP contribution is 2.23. The van der Waals surface area contributed by atoms with Gasteiger partial charge in [0.05, 0.1) is 6.54 Å². The molecule has 2 aliphatic rings. The molecule has 0 spiro atoms. The number of fused-ring (bicyclic) bond motifs is 1. The average Bonchev–Trinajstić information content (AvgIpc) is 2.95. The molecule has 1 heterocycles. The van der Waals surface area contributed by atoms with Crippen molar-refractivity contribution in [3.05, 3.63) is 34.9 Å². The normalized spacial score (nSPS) is 20.1. The molecule has 1 saturated heterocycles. The minimum atomic E-state index is 0.282. The third-order valence-electron chi connectivity index (χ3n) is 4.70. The number of carbonyl (C=O) groups excluding carboxylic acids is 1. The van der Waals surface area contributed by atoms with Crippen LogP contribution in [0.1, 0.15) is 34.8 Å². The number of carbonyl (C=O) groups is 1. The summed E-state index contributed by atoms with van der Waals surface area (Å²) in [6.45, 7) is 8.12. The van der Waals surface area contributed by atoms with Gasteiger partial charge in [-0.3, -0.25) is 9.69 Å². The molecule has 3 nitrogen and oxygen atoms in total. The molecule has 20 heavy (non-hydrogen) atoms. The second-order valence-electron chi connectivity index (χ2n) is 5.97. The molecule has 0 atom stereocenters. The number of nitrogens with zero attached hydrogens (tertiary/aromatic N) is 2. The first-order valence-electron chi connectivity index (χ1n) is 7.86. The lowest BCUT2D eigenvalue weighted by Crippen LogP contribution is -2.47. The fourth-order valence-electron chi connectivity index (χ4n) is 3.30. The molecule has 0 saturated carbocycles. The van der Waals surface area contributed by atoms with E-state index in [1.165, 1.54) is 24.0 Å². The maximum absolute atomic E-state index is 12.4. The smallest absolute Gasteiger partial charge is 0.176 e. The molecule has 0 radical (unpaired) electrons. The maximum Gasteiger partial charge on any atom is 0.176 e. The summed E-state index contributed by atoms with van der Waals surface area (Å²) < 4.78 is 0. The minimum absolute atomic E-state index is 0.282. The first-order chi connectivity index (χ1) is 9.76. The van der Waals surface area contributed by atoms with E-state index in [1.54, 1.807) is 0 Å². The number of likely N-dealkylation sites (N-methyl/N-ethyl adjacent to an activating group) is 1. The van der Waals surface area contributed by atoms with Crippen LogP contribution in [0.3, 0.4) is 0 Å². The van der Waals surface area contributed by atoms with E-state index in [1.807, 2.05) is 6.07 Å². The Bertz CT molecular complexity index is 490. The highest BCUT2D eigenvalue weighted by atomic mass is 16.1. The molecule has 3 heteroatoms. The molecule has 0 amide bonds. The summed E-state index contributed by atoms with van der Waals surface area (Å²) in [4.78, 5) is 17.1. The second kappa shape index (κ2) is 6.06. The molecule has 1 fully saturated rings. The van der Waals surface area contributed by atoms with E-state index in [-0.39, 0.29) is 5.78 Å². The third kappa shape index (κ3) is 2.94. The number of aryl methyl sites for hydroxylation is 2. The Kier molecular flexibility index (Phi) is 4.18. The standard InChI is InChI=1S/C17H24N2O/c1-2-18-8-10-19(11-9-18)13-17(20)16-7-6-14-4-3-5-15(14)12-16/h6-7,12H,2-5,8-11,13H2,1H3. The van der Waals surface area contributed by atoms with Gasteiger partial charge in [0.1, 0.15) is 0 Å². The first kappa shape index (κ1) is 13.8. The van der Waals surface area contributed by atoms with Crippen LogP contribution in [-0.2, 0) is 12.8 Å². The second-order valence-corrected chi connectivity index (χ2v) is 5.97. The number of hydrogen-bond acceptors (Lipinski definition) is 3. The summed E-state index contributed by atoms with van der Waals surface area (Å²) in [5.41, 5.74) is 3.74. The molecule has 108 valence electrons. The molecule has 0 bridgehead atoms. The Labute approximate surface area is 121 Å². The van der Waals surface area contributed by atoms with Gasteiger partial charge in [0.15, 0.2) is 5.78 Å². The highest BCUT2D eigenvalue weighted by Gasteiger charge is 2.19. The van der Waals surface area contributed by atoms with Crippen LogP contribution in [0.5, 0.6) is 0 Å². The van der Waals surface area contributed by atoms with Gasteiger partial charge in [-0.05, 0) is 43.0 Å². The number of hydrogen-bond donors (Lipinski definition) is 0. The summed E-state index contributed by atoms with van der Waals surface area (Å²) in [6.07, 6.45) is 3.57. The van der Waals surface area contributed by atoms with Crippen molar-refractivity contribution in [1.82, 2.24) is 9.80 Å². The largest absolute Gasteiger partial charge is 0.301 e. The van der Waals surface area contributed by atoms with Crippen molar-refractivity contribution in [3.63, 3.8) is 0 Å². The van der Waals surface area contributed by atoms with Crippen LogP contribution in [0.15, 0.2) is 18.2 Å². The fraction of sp³-hybridized carbons (Fsp3) is 0.588. The van der Waals surface area contributed by atoms with Gasteiger partial charge in [-0.25, -0.2) is 0 Å². The van der Waals surface area contributed by atoms with Crippen molar-refractivity contribution in [2.45, 2.75) is 26.2 Å². The zero-order valence-corrected chi connectivity index (χ0v) is 12.4. The number of piperazine rings is 1. The molecular formula is C17H24N2O. The van der Waals surface area contributed by atoms with Gasteiger partial charge in [0.2, 0.25) is 0 Å². The average molecular weight is 272 g/mol. The molecule has 1 aromatic carbocycles. The summed E-state index contributed by atoms with van der Waals surface area (Å²) in [5.74, 6) is 0.282. The summed E-state index contributed by atoms with van der Waals surface area (Å²) in [6, 6.07) is 6.31. The van der Waals surface area contributed by atoms with Crippen LogP contribution < -0.4 is 0 Å². The van der Waals surface area contributed by atoms with Gasteiger partial charge in [0.25, 0.3) is 0 Å². The van der Waals surface area contributed by atoms with Gasteiger partial charge < -0.3 is 4.90 Å². The molecule has 0 aromatic heterocycles. The monoisotopic (exact) mass is 272 g/mol. The third-order valence-corrected chi connectivity index (χ3v) is 4.70. The quantitative estimate of drug-likeness (QED) is 0.783. The number of rotatable bonds is 4. The first-order valence-corrected chi connectivity index (χ1v) is 7.86. The van der Waals surface area contributed by atoms with Crippen molar-refractivity contribution in [2.24, 2.45) is 0 Å². The number of benzene rings is 1. The summed E-state index contributed by atoms with van der Waals surface area (Å²) >= 11 is 0. The number of Topliss-reactive ketones (excluding diaryl/α,β-unsaturated/α-hetero) is 1. The maximum atomic E-state index is 12.4. The van der Waals surface area contributed by atoms with Crippen LogP contribution in [0.25, 0.3) is 0 Å². The lowest BCUT2D eigenvalue weighted by Gasteiger charge is -2.33. The Balaban J connectivity index is 1.59. The predicted octanol–water partition coefficient (Wildman–Crippen LogP) is 2.00. The van der Waals surface area contributed by atoms with Crippen molar-refractivity contribution < 1.29 is 4.79 Å². The van der Waals surface area contributed by atoms with Crippen molar-refractivity contribution in [3.8, 4) is 0 Å². The lowest BCUT2D eigenvalue weighted by molar-refractivity contribution is 0.0859. The Hall–Kier alpha value is -1.19. The van der Waals surface area contributed by atoms with E-state index in [0.29, 0.717) is 6.54 Å². The lowest BCUT2D eigenvalue weighted by atomic mass is 10.0. The fourth-order valence-corrected chi connectivity index (χ4v) is 3.30. The summed E-state index contributed by atoms with van der Waals surface area (Å²) in [5, 5.41) is 0. The molecular weight excluding hydrogens is 248 g/mol. The molecule has 0 N–H and O–H groups in total. The van der Waals surface area contributed by atoms with E-state index in [4.69, 9.17) is 0 Å². The zero-order valence-electron chi connectivity index (χ0n) is 12.4. The zero-order chi connectivity index (χ0) is 13.9. The summed E-state index contributed by atoms with van der Waals surface area (Å²) in [7, 11) is 0. The van der Waals surface area contributed by atoms with Crippen LogP contribution in [0.4, 0.5) is 0 Å². The Morgan fingerprint density at radius 2 is 1.75 bits per heavy atom. The van der Waals surface area contributed by atoms with E-state index in [9.17, 15) is 4.79 Å². The van der Waals surface area contributed by atoms with Crippen molar-refractivity contribution in [1.29, 1.82) is 0 Å². The van der Waals surface area contributed by atoms with E-state index in [2.05, 4.69) is 28.9 Å². The van der Waals surface area contributed by atoms with Gasteiger partial charge in [-0.1, -0.05) is 19.1 Å². The topological polar surface area (TPSA) is 23.6 Å². The van der Waals surface area contributed by atoms with Gasteiger partial charge in [-0.2, -0.15) is 0 Å². The molecule has 1 aromatic rings. The van der Waals surface area contributed by atoms with Gasteiger partial charge in [0, 0.05) is 31.7 Å². The van der Waals surface area contributed by atoms with E-state index in [0.717, 1.165) is 44.7 Å². The van der Waals surface area contributed by atoms with Crippen molar-refractivity contribution >= 4 is 5.78 Å². The number of ketones is 1. The van der Waals surface area contributed by atoms with Crippen molar-refractivity contribution in [2.75, 3.05) is 39.3 Å². The molecule has 3 rings (SSSR count). The highest BCUT2D eigenvalue weighted by molar-refractivity contribution is 5.97. The Morgan fingerprint density at radius 1 is 1.05 bits per heavy atom. The van der Waals surface area contributed by atoms with Gasteiger partial charge >= 0.3 is 0 Å². The van der Waals surface area contributed by atoms with Gasteiger partial charge in [-0.15, -0.1) is 0 Å². The van der Waals surface area contributed by atoms with Crippen LogP contribution >= 0.6 is 0 Å². The van der Waals surface area contributed by atoms with Crippen LogP contribution in [0, 0.1) is 0 Å².